The van der Waals surface area contributed by atoms with E-state index in [0.29, 0.717) is 49.6 Å². The number of carbonyl (C=O) groups excluding carboxylic acids is 1. The molecule has 212 valence electrons. The number of thiophene rings is 1. The molecule has 0 bridgehead atoms. The lowest BCUT2D eigenvalue weighted by Crippen LogP contribution is -2.28. The van der Waals surface area contributed by atoms with Crippen molar-refractivity contribution >= 4 is 35.3 Å². The van der Waals surface area contributed by atoms with Crippen LogP contribution in [0, 0.1) is 0 Å². The average molecular weight is 572 g/mol. The van der Waals surface area contributed by atoms with E-state index in [1.807, 2.05) is 65.2 Å². The van der Waals surface area contributed by atoms with E-state index in [2.05, 4.69) is 24.4 Å². The van der Waals surface area contributed by atoms with Crippen LogP contribution in [0.5, 0.6) is 0 Å². The first kappa shape index (κ1) is 29.5. The summed E-state index contributed by atoms with van der Waals surface area (Å²) in [4.78, 5) is 42.3. The number of amides is 1. The smallest absolute Gasteiger partial charge is 0.328 e. The van der Waals surface area contributed by atoms with Gasteiger partial charge in [0.2, 0.25) is 0 Å². The maximum Gasteiger partial charge on any atom is 0.328 e. The van der Waals surface area contributed by atoms with Gasteiger partial charge in [-0.05, 0) is 42.5 Å². The fraction of sp³-hybridized carbons (Fsp3) is 0.250. The van der Waals surface area contributed by atoms with E-state index in [-0.39, 0.29) is 18.2 Å². The van der Waals surface area contributed by atoms with Crippen LogP contribution in [-0.2, 0) is 16.1 Å². The molecule has 0 aliphatic heterocycles. The first-order chi connectivity index (χ1) is 19.8. The van der Waals surface area contributed by atoms with Crippen molar-refractivity contribution in [2.45, 2.75) is 45.1 Å². The Morgan fingerprint density at radius 3 is 2.34 bits per heavy atom. The third-order valence-electron chi connectivity index (χ3n) is 6.65. The van der Waals surface area contributed by atoms with Crippen LogP contribution in [0.3, 0.4) is 0 Å². The molecule has 0 radical (unpaired) electrons. The summed E-state index contributed by atoms with van der Waals surface area (Å²) >= 11 is 1.41. The number of rotatable bonds is 14. The molecule has 9 heteroatoms. The van der Waals surface area contributed by atoms with Gasteiger partial charge in [-0.15, -0.1) is 11.3 Å². The Bertz CT molecular complexity index is 1510. The number of hydrogen-bond acceptors (Lipinski definition) is 5. The summed E-state index contributed by atoms with van der Waals surface area (Å²) in [5.41, 5.74) is 2.97. The van der Waals surface area contributed by atoms with E-state index < -0.39 is 11.9 Å². The van der Waals surface area contributed by atoms with Crippen molar-refractivity contribution in [3.05, 3.63) is 95.0 Å². The number of aromatic nitrogens is 2. The van der Waals surface area contributed by atoms with Crippen molar-refractivity contribution in [2.24, 2.45) is 0 Å². The van der Waals surface area contributed by atoms with Crippen LogP contribution in [0.2, 0.25) is 0 Å². The molecule has 3 N–H and O–H groups in total. The van der Waals surface area contributed by atoms with Gasteiger partial charge >= 0.3 is 11.9 Å². The van der Waals surface area contributed by atoms with Crippen LogP contribution in [0.1, 0.15) is 59.5 Å². The number of nitrogens with one attached hydrogen (secondary N) is 1. The van der Waals surface area contributed by atoms with Crippen molar-refractivity contribution in [1.29, 1.82) is 0 Å². The highest BCUT2D eigenvalue weighted by molar-refractivity contribution is 7.16. The van der Waals surface area contributed by atoms with E-state index in [1.54, 1.807) is 6.08 Å². The summed E-state index contributed by atoms with van der Waals surface area (Å²) in [6.45, 7) is 3.03. The van der Waals surface area contributed by atoms with Crippen LogP contribution in [0.4, 0.5) is 0 Å². The van der Waals surface area contributed by atoms with Gasteiger partial charge in [0.1, 0.15) is 11.4 Å². The monoisotopic (exact) mass is 571 g/mol. The number of nitrogens with zero attached hydrogens (tertiary/aromatic N) is 2. The third kappa shape index (κ3) is 8.02. The summed E-state index contributed by atoms with van der Waals surface area (Å²) < 4.78 is 1.97. The molecule has 1 amide bonds. The SMILES string of the molecule is CC(Cn1c(-c2ccc(/C=C/C(=O)O)s2)nc(-c2ccccc2)c1C(=O)NCCCCCC(=O)O)c1ccccc1. The number of carbonyl (C=O) groups is 3. The molecule has 0 aliphatic rings. The van der Waals surface area contributed by atoms with Crippen LogP contribution in [0.25, 0.3) is 28.0 Å². The minimum atomic E-state index is -1.02. The minimum Gasteiger partial charge on any atom is -0.481 e. The van der Waals surface area contributed by atoms with Crippen LogP contribution >= 0.6 is 11.3 Å². The molecule has 41 heavy (non-hydrogen) atoms. The minimum absolute atomic E-state index is 0.0710. The second kappa shape index (κ2) is 14.2. The fourth-order valence-corrected chi connectivity index (χ4v) is 5.50. The zero-order valence-electron chi connectivity index (χ0n) is 22.8. The molecule has 8 nitrogen and oxygen atoms in total. The normalized spacial score (nSPS) is 11.9. The van der Waals surface area contributed by atoms with Crippen LogP contribution in [-0.4, -0.2) is 44.2 Å². The zero-order valence-corrected chi connectivity index (χ0v) is 23.6. The van der Waals surface area contributed by atoms with Gasteiger partial charge in [0.25, 0.3) is 5.91 Å². The number of carboxylic acid groups (broad SMARTS) is 2. The van der Waals surface area contributed by atoms with Gasteiger partial charge < -0.3 is 20.1 Å². The lowest BCUT2D eigenvalue weighted by Gasteiger charge is -2.18. The molecule has 4 rings (SSSR count). The van der Waals surface area contributed by atoms with Crippen LogP contribution in [0.15, 0.2) is 78.9 Å². The maximum absolute atomic E-state index is 13.8. The second-order valence-electron chi connectivity index (χ2n) is 9.75. The molecule has 0 spiro atoms. The molecule has 0 saturated heterocycles. The molecule has 0 fully saturated rings. The van der Waals surface area contributed by atoms with Crippen molar-refractivity contribution in [1.82, 2.24) is 14.9 Å². The lowest BCUT2D eigenvalue weighted by atomic mass is 10.0. The number of carboxylic acids is 2. The molecule has 0 saturated carbocycles. The topological polar surface area (TPSA) is 122 Å². The Kier molecular flexibility index (Phi) is 10.2. The average Bonchev–Trinajstić information content (AvgIpc) is 3.59. The third-order valence-corrected chi connectivity index (χ3v) is 7.69. The number of hydrogen-bond donors (Lipinski definition) is 3. The predicted molar refractivity (Wildman–Crippen MR) is 161 cm³/mol. The summed E-state index contributed by atoms with van der Waals surface area (Å²) in [7, 11) is 0. The maximum atomic E-state index is 13.8. The molecule has 1 unspecified atom stereocenters. The van der Waals surface area contributed by atoms with Crippen LogP contribution < -0.4 is 5.32 Å². The van der Waals surface area contributed by atoms with E-state index in [9.17, 15) is 14.4 Å². The van der Waals surface area contributed by atoms with E-state index in [0.717, 1.165) is 27.0 Å². The van der Waals surface area contributed by atoms with Crippen molar-refractivity contribution in [3.63, 3.8) is 0 Å². The Labute approximate surface area is 243 Å². The molecule has 0 aliphatic carbocycles. The van der Waals surface area contributed by atoms with Crippen molar-refractivity contribution < 1.29 is 24.6 Å². The summed E-state index contributed by atoms with van der Waals surface area (Å²) in [5.74, 6) is -1.38. The number of imidazole rings is 1. The number of benzene rings is 2. The van der Waals surface area contributed by atoms with E-state index >= 15 is 0 Å². The van der Waals surface area contributed by atoms with Crippen molar-refractivity contribution in [3.8, 4) is 22.0 Å². The molecule has 4 aromatic rings. The number of unbranched alkanes of at least 4 members (excludes halogenated alkanes) is 2. The van der Waals surface area contributed by atoms with Gasteiger partial charge in [-0.1, -0.05) is 74.0 Å². The second-order valence-corrected chi connectivity index (χ2v) is 10.9. The Hall–Kier alpha value is -4.50. The zero-order chi connectivity index (χ0) is 29.2. The fourth-order valence-electron chi connectivity index (χ4n) is 4.59. The summed E-state index contributed by atoms with van der Waals surface area (Å²) in [6.07, 6.45) is 4.70. The lowest BCUT2D eigenvalue weighted by molar-refractivity contribution is -0.137. The highest BCUT2D eigenvalue weighted by Gasteiger charge is 2.26. The Balaban J connectivity index is 1.74. The van der Waals surface area contributed by atoms with Gasteiger partial charge in [-0.3, -0.25) is 9.59 Å². The molecule has 2 aromatic heterocycles. The first-order valence-electron chi connectivity index (χ1n) is 13.6. The van der Waals surface area contributed by atoms with Gasteiger partial charge in [0.15, 0.2) is 5.82 Å². The molecular weight excluding hydrogens is 538 g/mol. The largest absolute Gasteiger partial charge is 0.481 e. The van der Waals surface area contributed by atoms with Crippen molar-refractivity contribution in [2.75, 3.05) is 6.54 Å². The quantitative estimate of drug-likeness (QED) is 0.116. The standard InChI is InChI=1S/C32H33N3O5S/c1-22(23-11-5-2-6-12-23)21-35-30(32(40)33-20-10-4-9-15-27(36)37)29(24-13-7-3-8-14-24)34-31(35)26-18-16-25(41-26)17-19-28(38)39/h2-3,5-8,11-14,16-19,22H,4,9-10,15,20-21H2,1H3,(H,33,40)(H,36,37)(H,38,39)/b19-17+. The first-order valence-corrected chi connectivity index (χ1v) is 14.4. The Morgan fingerprint density at radius 2 is 1.66 bits per heavy atom. The molecular formula is C32H33N3O5S. The van der Waals surface area contributed by atoms with Gasteiger partial charge in [0.05, 0.1) is 4.88 Å². The van der Waals surface area contributed by atoms with Gasteiger partial charge in [-0.25, -0.2) is 9.78 Å². The summed E-state index contributed by atoms with van der Waals surface area (Å²) in [6, 6.07) is 23.4. The van der Waals surface area contributed by atoms with Gasteiger partial charge in [0, 0.05) is 36.0 Å². The molecule has 2 aromatic carbocycles. The molecule has 1 atom stereocenters. The Morgan fingerprint density at radius 1 is 0.951 bits per heavy atom. The number of aliphatic carboxylic acids is 2. The van der Waals surface area contributed by atoms with E-state index in [4.69, 9.17) is 15.2 Å². The highest BCUT2D eigenvalue weighted by atomic mass is 32.1. The van der Waals surface area contributed by atoms with E-state index in [1.165, 1.54) is 11.3 Å². The summed E-state index contributed by atoms with van der Waals surface area (Å²) in [5, 5.41) is 21.0. The molecule has 2 heterocycles. The predicted octanol–water partition coefficient (Wildman–Crippen LogP) is 6.55. The highest BCUT2D eigenvalue weighted by Crippen LogP contribution is 2.35. The van der Waals surface area contributed by atoms with Gasteiger partial charge in [-0.2, -0.15) is 0 Å².